The van der Waals surface area contributed by atoms with Gasteiger partial charge in [0.25, 0.3) is 11.5 Å². The Kier molecular flexibility index (Phi) is 6.08. The van der Waals surface area contributed by atoms with Gasteiger partial charge in [0.2, 0.25) is 6.79 Å². The van der Waals surface area contributed by atoms with E-state index >= 15 is 0 Å². The van der Waals surface area contributed by atoms with Crippen molar-refractivity contribution >= 4 is 5.91 Å². The number of piperazine rings is 1. The average Bonchev–Trinajstić information content (AvgIpc) is 3.22. The van der Waals surface area contributed by atoms with E-state index in [9.17, 15) is 9.59 Å². The predicted molar refractivity (Wildman–Crippen MR) is 114 cm³/mol. The zero-order chi connectivity index (χ0) is 21.1. The molecule has 2 aliphatic rings. The molecule has 2 aromatic rings. The molecule has 0 radical (unpaired) electrons. The van der Waals surface area contributed by atoms with Crippen LogP contribution in [0.1, 0.15) is 41.3 Å². The van der Waals surface area contributed by atoms with Gasteiger partial charge in [0.1, 0.15) is 5.56 Å². The lowest BCUT2D eigenvalue weighted by molar-refractivity contribution is 0.0632. The molecule has 0 unspecified atom stereocenters. The molecule has 0 spiro atoms. The van der Waals surface area contributed by atoms with Gasteiger partial charge in [-0.2, -0.15) is 0 Å². The van der Waals surface area contributed by atoms with E-state index in [0.717, 1.165) is 30.8 Å². The zero-order valence-corrected chi connectivity index (χ0v) is 17.7. The quantitative estimate of drug-likeness (QED) is 0.731. The van der Waals surface area contributed by atoms with Crippen LogP contribution in [0.5, 0.6) is 11.5 Å². The van der Waals surface area contributed by atoms with E-state index in [1.807, 2.05) is 36.1 Å². The van der Waals surface area contributed by atoms with Gasteiger partial charge >= 0.3 is 0 Å². The molecule has 2 aliphatic heterocycles. The van der Waals surface area contributed by atoms with Crippen molar-refractivity contribution in [2.24, 2.45) is 0 Å². The molecule has 0 bridgehead atoms. The number of amides is 1. The molecule has 4 rings (SSSR count). The Balaban J connectivity index is 1.50. The van der Waals surface area contributed by atoms with E-state index in [2.05, 4.69) is 11.8 Å². The summed E-state index contributed by atoms with van der Waals surface area (Å²) in [4.78, 5) is 30.6. The average molecular weight is 412 g/mol. The normalized spacial score (nSPS) is 16.1. The fraction of sp³-hybridized carbons (Fsp3) is 0.478. The lowest BCUT2D eigenvalue weighted by Crippen LogP contribution is -2.50. The van der Waals surface area contributed by atoms with Crippen LogP contribution in [-0.4, -0.2) is 59.8 Å². The van der Waals surface area contributed by atoms with Crippen molar-refractivity contribution in [2.75, 3.05) is 39.5 Å². The number of rotatable bonds is 6. The number of nitrogens with zero attached hydrogens (tertiary/aromatic N) is 3. The van der Waals surface area contributed by atoms with Crippen LogP contribution < -0.4 is 15.0 Å². The molecule has 7 heteroatoms. The van der Waals surface area contributed by atoms with E-state index in [1.165, 1.54) is 12.8 Å². The first-order chi connectivity index (χ1) is 14.6. The molecule has 7 nitrogen and oxygen atoms in total. The highest BCUT2D eigenvalue weighted by molar-refractivity contribution is 5.95. The van der Waals surface area contributed by atoms with Gasteiger partial charge in [0.15, 0.2) is 11.5 Å². The number of hydrogen-bond acceptors (Lipinski definition) is 5. The molecular formula is C23H29N3O4. The first-order valence-electron chi connectivity index (χ1n) is 10.7. The smallest absolute Gasteiger partial charge is 0.263 e. The molecule has 1 amide bonds. The minimum Gasteiger partial charge on any atom is -0.454 e. The lowest BCUT2D eigenvalue weighted by Gasteiger charge is -2.34. The van der Waals surface area contributed by atoms with Gasteiger partial charge in [-0.1, -0.05) is 19.4 Å². The topological polar surface area (TPSA) is 64.0 Å². The van der Waals surface area contributed by atoms with E-state index in [-0.39, 0.29) is 23.8 Å². The second-order valence-electron chi connectivity index (χ2n) is 7.98. The van der Waals surface area contributed by atoms with Gasteiger partial charge in [-0.15, -0.1) is 0 Å². The molecule has 0 N–H and O–H groups in total. The molecule has 3 heterocycles. The highest BCUT2D eigenvalue weighted by atomic mass is 16.7. The molecule has 1 saturated heterocycles. The minimum atomic E-state index is -0.244. The van der Waals surface area contributed by atoms with E-state index in [1.54, 1.807) is 10.8 Å². The fourth-order valence-electron chi connectivity index (χ4n) is 4.00. The summed E-state index contributed by atoms with van der Waals surface area (Å²) in [5.41, 5.74) is 1.68. The number of hydrogen-bond donors (Lipinski definition) is 0. The van der Waals surface area contributed by atoms with Crippen LogP contribution >= 0.6 is 0 Å². The predicted octanol–water partition coefficient (Wildman–Crippen LogP) is 2.49. The summed E-state index contributed by atoms with van der Waals surface area (Å²) < 4.78 is 12.4. The monoisotopic (exact) mass is 411 g/mol. The number of pyridine rings is 1. The highest BCUT2D eigenvalue weighted by Gasteiger charge is 2.25. The standard InChI is InChI=1S/C23H29N3O4/c1-3-4-8-24-10-12-25(13-11-24)22(27)21-17(2)7-9-26(23(21)28)15-18-5-6-19-20(14-18)30-16-29-19/h5-7,9,14H,3-4,8,10-13,15-16H2,1-2H3. The Morgan fingerprint density at radius 1 is 1.07 bits per heavy atom. The van der Waals surface area contributed by atoms with Crippen molar-refractivity contribution in [3.05, 3.63) is 57.5 Å². The summed E-state index contributed by atoms with van der Waals surface area (Å²) in [7, 11) is 0. The third-order valence-corrected chi connectivity index (χ3v) is 5.86. The third kappa shape index (κ3) is 4.21. The van der Waals surface area contributed by atoms with Gasteiger partial charge in [0.05, 0.1) is 6.54 Å². The summed E-state index contributed by atoms with van der Waals surface area (Å²) in [6.07, 6.45) is 4.10. The Morgan fingerprint density at radius 3 is 2.60 bits per heavy atom. The van der Waals surface area contributed by atoms with Crippen molar-refractivity contribution in [1.29, 1.82) is 0 Å². The second kappa shape index (κ2) is 8.92. The van der Waals surface area contributed by atoms with Crippen LogP contribution in [0.2, 0.25) is 0 Å². The molecule has 1 fully saturated rings. The zero-order valence-electron chi connectivity index (χ0n) is 17.7. The van der Waals surface area contributed by atoms with Crippen molar-refractivity contribution < 1.29 is 14.3 Å². The summed E-state index contributed by atoms with van der Waals surface area (Å²) in [6.45, 7) is 8.74. The largest absolute Gasteiger partial charge is 0.454 e. The van der Waals surface area contributed by atoms with Crippen molar-refractivity contribution in [3.63, 3.8) is 0 Å². The van der Waals surface area contributed by atoms with Gasteiger partial charge in [0, 0.05) is 32.4 Å². The lowest BCUT2D eigenvalue weighted by atomic mass is 10.1. The second-order valence-corrected chi connectivity index (χ2v) is 7.98. The first-order valence-corrected chi connectivity index (χ1v) is 10.7. The van der Waals surface area contributed by atoms with Crippen LogP contribution in [-0.2, 0) is 6.54 Å². The SMILES string of the molecule is CCCCN1CCN(C(=O)c2c(C)ccn(Cc3ccc4c(c3)OCO4)c2=O)CC1. The number of unbranched alkanes of at least 4 members (excludes halogenated alkanes) is 1. The Hall–Kier alpha value is -2.80. The minimum absolute atomic E-state index is 0.160. The van der Waals surface area contributed by atoms with Gasteiger partial charge in [-0.05, 0) is 49.2 Å². The van der Waals surface area contributed by atoms with Crippen molar-refractivity contribution in [1.82, 2.24) is 14.4 Å². The first kappa shape index (κ1) is 20.5. The summed E-state index contributed by atoms with van der Waals surface area (Å²) >= 11 is 0. The number of carbonyl (C=O) groups is 1. The molecule has 30 heavy (non-hydrogen) atoms. The molecule has 1 aromatic carbocycles. The Bertz CT molecular complexity index is 977. The summed E-state index contributed by atoms with van der Waals surface area (Å²) in [6, 6.07) is 7.49. The third-order valence-electron chi connectivity index (χ3n) is 5.86. The number of carbonyl (C=O) groups excluding carboxylic acids is 1. The van der Waals surface area contributed by atoms with E-state index < -0.39 is 0 Å². The maximum absolute atomic E-state index is 13.2. The molecular weight excluding hydrogens is 382 g/mol. The number of aryl methyl sites for hydroxylation is 1. The van der Waals surface area contributed by atoms with Crippen molar-refractivity contribution in [3.8, 4) is 11.5 Å². The summed E-state index contributed by atoms with van der Waals surface area (Å²) in [5, 5.41) is 0. The Morgan fingerprint density at radius 2 is 1.83 bits per heavy atom. The molecule has 1 aromatic heterocycles. The van der Waals surface area contributed by atoms with E-state index in [4.69, 9.17) is 9.47 Å². The van der Waals surface area contributed by atoms with Crippen LogP contribution in [0.15, 0.2) is 35.3 Å². The molecule has 160 valence electrons. The number of fused-ring (bicyclic) bond motifs is 1. The number of ether oxygens (including phenoxy) is 2. The van der Waals surface area contributed by atoms with Crippen LogP contribution in [0.25, 0.3) is 0 Å². The van der Waals surface area contributed by atoms with Gasteiger partial charge in [-0.25, -0.2) is 0 Å². The Labute approximate surface area is 176 Å². The van der Waals surface area contributed by atoms with Crippen molar-refractivity contribution in [2.45, 2.75) is 33.2 Å². The molecule has 0 aliphatic carbocycles. The fourth-order valence-corrected chi connectivity index (χ4v) is 4.00. The van der Waals surface area contributed by atoms with E-state index in [0.29, 0.717) is 31.1 Å². The number of aromatic nitrogens is 1. The molecule has 0 atom stereocenters. The maximum Gasteiger partial charge on any atom is 0.263 e. The molecule has 0 saturated carbocycles. The number of benzene rings is 1. The van der Waals surface area contributed by atoms with Gasteiger partial charge < -0.3 is 18.9 Å². The van der Waals surface area contributed by atoms with Crippen LogP contribution in [0.3, 0.4) is 0 Å². The van der Waals surface area contributed by atoms with Gasteiger partial charge in [-0.3, -0.25) is 14.5 Å². The maximum atomic E-state index is 13.2. The van der Waals surface area contributed by atoms with Crippen LogP contribution in [0, 0.1) is 6.92 Å². The summed E-state index contributed by atoms with van der Waals surface area (Å²) in [5.74, 6) is 1.24. The van der Waals surface area contributed by atoms with Crippen LogP contribution in [0.4, 0.5) is 0 Å². The highest BCUT2D eigenvalue weighted by Crippen LogP contribution is 2.32.